The highest BCUT2D eigenvalue weighted by Gasteiger charge is 2.40. The Labute approximate surface area is 125 Å². The normalized spacial score (nSPS) is 28.0. The van der Waals surface area contributed by atoms with Gasteiger partial charge in [-0.1, -0.05) is 13.3 Å². The van der Waals surface area contributed by atoms with Crippen molar-refractivity contribution in [1.82, 2.24) is 10.6 Å². The van der Waals surface area contributed by atoms with Gasteiger partial charge in [-0.15, -0.1) is 0 Å². The highest BCUT2D eigenvalue weighted by atomic mass is 16.5. The van der Waals surface area contributed by atoms with E-state index in [-0.39, 0.29) is 12.6 Å². The summed E-state index contributed by atoms with van der Waals surface area (Å²) in [6.45, 7) is 3.96. The number of amides is 2. The highest BCUT2D eigenvalue weighted by molar-refractivity contribution is 5.78. The number of carbonyl (C=O) groups is 2. The van der Waals surface area contributed by atoms with E-state index in [1.165, 1.54) is 6.42 Å². The lowest BCUT2D eigenvalue weighted by atomic mass is 9.80. The average Bonchev–Trinajstić information content (AvgIpc) is 2.89. The third kappa shape index (κ3) is 4.33. The summed E-state index contributed by atoms with van der Waals surface area (Å²) in [6.07, 6.45) is 4.45. The predicted octanol–water partition coefficient (Wildman–Crippen LogP) is 1.60. The Morgan fingerprint density at radius 2 is 1.95 bits per heavy atom. The maximum absolute atomic E-state index is 11.8. The van der Waals surface area contributed by atoms with Crippen LogP contribution in [0.25, 0.3) is 0 Å². The quantitative estimate of drug-likeness (QED) is 0.719. The Hall–Kier alpha value is -1.30. The molecule has 2 atom stereocenters. The van der Waals surface area contributed by atoms with Crippen molar-refractivity contribution >= 4 is 12.0 Å². The van der Waals surface area contributed by atoms with Gasteiger partial charge in [0, 0.05) is 26.3 Å². The van der Waals surface area contributed by atoms with Crippen molar-refractivity contribution in [3.8, 4) is 0 Å². The lowest BCUT2D eigenvalue weighted by Crippen LogP contribution is -2.49. The second-order valence-electron chi connectivity index (χ2n) is 6.55. The van der Waals surface area contributed by atoms with Crippen LogP contribution in [0.5, 0.6) is 0 Å². The van der Waals surface area contributed by atoms with E-state index in [0.29, 0.717) is 38.5 Å². The molecular formula is C15H26N2O4. The smallest absolute Gasteiger partial charge is 0.314 e. The van der Waals surface area contributed by atoms with E-state index in [1.807, 2.05) is 0 Å². The van der Waals surface area contributed by atoms with E-state index in [9.17, 15) is 14.7 Å². The van der Waals surface area contributed by atoms with E-state index in [2.05, 4.69) is 17.6 Å². The van der Waals surface area contributed by atoms with Crippen LogP contribution in [0.15, 0.2) is 0 Å². The van der Waals surface area contributed by atoms with Crippen LogP contribution in [0.2, 0.25) is 0 Å². The number of urea groups is 1. The van der Waals surface area contributed by atoms with E-state index in [4.69, 9.17) is 4.74 Å². The minimum absolute atomic E-state index is 0.165. The molecule has 1 aliphatic heterocycles. The second kappa shape index (κ2) is 7.11. The minimum atomic E-state index is -0.878. The molecule has 2 fully saturated rings. The summed E-state index contributed by atoms with van der Waals surface area (Å²) in [7, 11) is 0. The molecule has 2 aliphatic rings. The van der Waals surface area contributed by atoms with Gasteiger partial charge in [0.15, 0.2) is 0 Å². The number of carboxylic acids is 1. The molecule has 3 N–H and O–H groups in total. The second-order valence-corrected chi connectivity index (χ2v) is 6.55. The van der Waals surface area contributed by atoms with Gasteiger partial charge in [-0.05, 0) is 37.5 Å². The first-order valence-electron chi connectivity index (χ1n) is 7.85. The molecule has 0 spiro atoms. The fourth-order valence-electron chi connectivity index (χ4n) is 3.29. The van der Waals surface area contributed by atoms with Crippen molar-refractivity contribution < 1.29 is 19.4 Å². The van der Waals surface area contributed by atoms with Crippen LogP contribution in [0, 0.1) is 17.3 Å². The number of hydrogen-bond acceptors (Lipinski definition) is 3. The summed E-state index contributed by atoms with van der Waals surface area (Å²) in [5.41, 5.74) is -0.878. The summed E-state index contributed by atoms with van der Waals surface area (Å²) in [5, 5.41) is 15.0. The summed E-state index contributed by atoms with van der Waals surface area (Å²) >= 11 is 0. The number of hydrogen-bond donors (Lipinski definition) is 3. The molecule has 6 nitrogen and oxygen atoms in total. The molecule has 120 valence electrons. The first kappa shape index (κ1) is 16.1. The van der Waals surface area contributed by atoms with Crippen molar-refractivity contribution in [1.29, 1.82) is 0 Å². The fourth-order valence-corrected chi connectivity index (χ4v) is 3.29. The van der Waals surface area contributed by atoms with Gasteiger partial charge in [-0.2, -0.15) is 0 Å². The molecule has 1 saturated carbocycles. The van der Waals surface area contributed by atoms with Crippen molar-refractivity contribution in [2.24, 2.45) is 17.3 Å². The Bertz CT molecular complexity index is 380. The van der Waals surface area contributed by atoms with Crippen LogP contribution in [-0.2, 0) is 9.53 Å². The number of nitrogens with one attached hydrogen (secondary N) is 2. The third-order valence-electron chi connectivity index (χ3n) is 4.85. The van der Waals surface area contributed by atoms with Crippen molar-refractivity contribution in [2.75, 3.05) is 26.3 Å². The first-order chi connectivity index (χ1) is 10.0. The molecular weight excluding hydrogens is 272 g/mol. The molecule has 1 heterocycles. The van der Waals surface area contributed by atoms with Gasteiger partial charge in [0.2, 0.25) is 0 Å². The van der Waals surface area contributed by atoms with Crippen LogP contribution >= 0.6 is 0 Å². The summed E-state index contributed by atoms with van der Waals surface area (Å²) < 4.78 is 5.22. The van der Waals surface area contributed by atoms with Crippen LogP contribution in [0.4, 0.5) is 4.79 Å². The molecule has 6 heteroatoms. The monoisotopic (exact) mass is 298 g/mol. The third-order valence-corrected chi connectivity index (χ3v) is 4.85. The zero-order valence-electron chi connectivity index (χ0n) is 12.7. The highest BCUT2D eigenvalue weighted by Crippen LogP contribution is 2.30. The van der Waals surface area contributed by atoms with Crippen LogP contribution < -0.4 is 10.6 Å². The zero-order valence-corrected chi connectivity index (χ0v) is 12.7. The van der Waals surface area contributed by atoms with Gasteiger partial charge in [-0.25, -0.2) is 4.79 Å². The summed E-state index contributed by atoms with van der Waals surface area (Å²) in [4.78, 5) is 23.3. The Morgan fingerprint density at radius 1 is 1.24 bits per heavy atom. The molecule has 2 unspecified atom stereocenters. The number of aliphatic carboxylic acids is 1. The van der Waals surface area contributed by atoms with E-state index >= 15 is 0 Å². The molecule has 0 aromatic rings. The molecule has 1 aliphatic carbocycles. The average molecular weight is 298 g/mol. The van der Waals surface area contributed by atoms with Crippen LogP contribution in [0.1, 0.15) is 39.0 Å². The largest absolute Gasteiger partial charge is 0.481 e. The van der Waals surface area contributed by atoms with Crippen molar-refractivity contribution in [3.63, 3.8) is 0 Å². The molecule has 0 radical (unpaired) electrons. The number of carboxylic acid groups (broad SMARTS) is 1. The van der Waals surface area contributed by atoms with E-state index in [1.54, 1.807) is 0 Å². The fraction of sp³-hybridized carbons (Fsp3) is 0.867. The van der Waals surface area contributed by atoms with E-state index in [0.717, 1.165) is 18.8 Å². The summed E-state index contributed by atoms with van der Waals surface area (Å²) in [5.74, 6) is 0.454. The summed E-state index contributed by atoms with van der Waals surface area (Å²) in [6, 6.07) is -0.262. The molecule has 2 rings (SSSR count). The van der Waals surface area contributed by atoms with Gasteiger partial charge in [0.25, 0.3) is 0 Å². The van der Waals surface area contributed by atoms with Crippen LogP contribution in [-0.4, -0.2) is 43.4 Å². The molecule has 21 heavy (non-hydrogen) atoms. The van der Waals surface area contributed by atoms with Crippen molar-refractivity contribution in [2.45, 2.75) is 39.0 Å². The van der Waals surface area contributed by atoms with Gasteiger partial charge >= 0.3 is 12.0 Å². The molecule has 0 aromatic heterocycles. The lowest BCUT2D eigenvalue weighted by Gasteiger charge is -2.33. The van der Waals surface area contributed by atoms with Gasteiger partial charge in [0.05, 0.1) is 5.41 Å². The first-order valence-corrected chi connectivity index (χ1v) is 7.85. The predicted molar refractivity (Wildman–Crippen MR) is 78.0 cm³/mol. The van der Waals surface area contributed by atoms with Gasteiger partial charge in [-0.3, -0.25) is 4.79 Å². The maximum Gasteiger partial charge on any atom is 0.314 e. The number of rotatable bonds is 5. The van der Waals surface area contributed by atoms with Gasteiger partial charge < -0.3 is 20.5 Å². The minimum Gasteiger partial charge on any atom is -0.481 e. The Balaban J connectivity index is 1.73. The molecule has 1 saturated heterocycles. The Morgan fingerprint density at radius 3 is 2.52 bits per heavy atom. The number of carbonyl (C=O) groups excluding carboxylic acids is 1. The van der Waals surface area contributed by atoms with Crippen molar-refractivity contribution in [3.05, 3.63) is 0 Å². The lowest BCUT2D eigenvalue weighted by molar-refractivity contribution is -0.154. The van der Waals surface area contributed by atoms with E-state index < -0.39 is 11.4 Å². The van der Waals surface area contributed by atoms with Gasteiger partial charge in [0.1, 0.15) is 0 Å². The molecule has 2 amide bonds. The SMILES string of the molecule is CC1CCC(CNC(=O)NCC2(C(=O)O)CCOCC2)C1. The molecule has 0 aromatic carbocycles. The number of ether oxygens (including phenoxy) is 1. The topological polar surface area (TPSA) is 87.7 Å². The van der Waals surface area contributed by atoms with Crippen LogP contribution in [0.3, 0.4) is 0 Å². The maximum atomic E-state index is 11.8. The Kier molecular flexibility index (Phi) is 5.45. The zero-order chi connectivity index (χ0) is 15.3. The molecule has 0 bridgehead atoms. The standard InChI is InChI=1S/C15H26N2O4/c1-11-2-3-12(8-11)9-16-14(20)17-10-15(13(18)19)4-6-21-7-5-15/h11-12H,2-10H2,1H3,(H,18,19)(H2,16,17,20).